The summed E-state index contributed by atoms with van der Waals surface area (Å²) in [7, 11) is 3.57. The minimum Gasteiger partial charge on any atom is -0.481 e. The lowest BCUT2D eigenvalue weighted by molar-refractivity contribution is -0.106. The largest absolute Gasteiger partial charge is 0.481 e. The Morgan fingerprint density at radius 2 is 1.78 bits per heavy atom. The third-order valence-electron chi connectivity index (χ3n) is 7.82. The second kappa shape index (κ2) is 10.5. The van der Waals surface area contributed by atoms with Crippen molar-refractivity contribution in [3.63, 3.8) is 0 Å². The van der Waals surface area contributed by atoms with E-state index in [4.69, 9.17) is 21.1 Å². The van der Waals surface area contributed by atoms with Crippen LogP contribution in [0.2, 0.25) is 5.15 Å². The molecular weight excluding hydrogens is 559 g/mol. The van der Waals surface area contributed by atoms with Crippen LogP contribution in [0.4, 0.5) is 4.39 Å². The van der Waals surface area contributed by atoms with Gasteiger partial charge in [-0.15, -0.1) is 0 Å². The fourth-order valence-corrected chi connectivity index (χ4v) is 6.45. The van der Waals surface area contributed by atoms with Gasteiger partial charge in [-0.05, 0) is 56.0 Å². The van der Waals surface area contributed by atoms with Crippen LogP contribution >= 0.6 is 27.5 Å². The number of pyridine rings is 1. The molecule has 3 aromatic rings. The summed E-state index contributed by atoms with van der Waals surface area (Å²) in [5.41, 5.74) is 0.309. The zero-order valence-corrected chi connectivity index (χ0v) is 23.3. The molecule has 8 heteroatoms. The van der Waals surface area contributed by atoms with Gasteiger partial charge in [-0.3, -0.25) is 0 Å². The predicted molar refractivity (Wildman–Crippen MR) is 146 cm³/mol. The van der Waals surface area contributed by atoms with E-state index in [9.17, 15) is 9.50 Å². The van der Waals surface area contributed by atoms with Crippen molar-refractivity contribution in [3.8, 4) is 11.6 Å². The molecule has 2 aliphatic heterocycles. The minimum absolute atomic E-state index is 0.0502. The second-order valence-corrected chi connectivity index (χ2v) is 11.3. The minimum atomic E-state index is -1.29. The van der Waals surface area contributed by atoms with Crippen molar-refractivity contribution in [1.29, 1.82) is 0 Å². The Morgan fingerprint density at radius 3 is 2.41 bits per heavy atom. The lowest BCUT2D eigenvalue weighted by Gasteiger charge is -2.40. The molecule has 0 bridgehead atoms. The summed E-state index contributed by atoms with van der Waals surface area (Å²) in [4.78, 5) is 6.46. The lowest BCUT2D eigenvalue weighted by atomic mass is 9.72. The Labute approximate surface area is 230 Å². The van der Waals surface area contributed by atoms with Crippen LogP contribution in [0.1, 0.15) is 48.3 Å². The van der Waals surface area contributed by atoms with Crippen LogP contribution in [0.15, 0.2) is 65.1 Å². The smallest absolute Gasteiger partial charge is 0.224 e. The fourth-order valence-electron chi connectivity index (χ4n) is 6.01. The maximum atomic E-state index is 12.3. The average molecular weight is 590 g/mol. The third kappa shape index (κ3) is 4.65. The molecule has 1 saturated heterocycles. The molecular formula is C29H31BrClFN2O3. The van der Waals surface area contributed by atoms with E-state index in [-0.39, 0.29) is 11.1 Å². The third-order valence-corrected chi connectivity index (χ3v) is 8.54. The van der Waals surface area contributed by atoms with Gasteiger partial charge in [-0.25, -0.2) is 9.37 Å². The highest BCUT2D eigenvalue weighted by Crippen LogP contribution is 2.68. The zero-order valence-electron chi connectivity index (χ0n) is 21.0. The SMILES string of the molecule is CN1CCC(F)CC1.COc1nc(Cl)cc2c1C1(O)CCC(c3ccccc3)C1(c1ccc(Br)cc1)O2. The zero-order chi connectivity index (χ0) is 26.2. The first-order valence-corrected chi connectivity index (χ1v) is 13.8. The van der Waals surface area contributed by atoms with Gasteiger partial charge in [0.1, 0.15) is 22.7 Å². The number of alkyl halides is 1. The molecule has 5 nitrogen and oxygen atoms in total. The summed E-state index contributed by atoms with van der Waals surface area (Å²) in [6.07, 6.45) is 2.23. The summed E-state index contributed by atoms with van der Waals surface area (Å²) >= 11 is 9.72. The first-order valence-electron chi connectivity index (χ1n) is 12.6. The predicted octanol–water partition coefficient (Wildman–Crippen LogP) is 6.61. The molecule has 3 atom stereocenters. The van der Waals surface area contributed by atoms with Crippen molar-refractivity contribution in [2.24, 2.45) is 0 Å². The summed E-state index contributed by atoms with van der Waals surface area (Å²) in [6, 6.07) is 19.8. The van der Waals surface area contributed by atoms with Crippen molar-refractivity contribution < 1.29 is 19.0 Å². The number of hydrogen-bond acceptors (Lipinski definition) is 5. The van der Waals surface area contributed by atoms with Crippen molar-refractivity contribution >= 4 is 27.5 Å². The van der Waals surface area contributed by atoms with E-state index in [1.54, 1.807) is 6.07 Å². The molecule has 3 unspecified atom stereocenters. The van der Waals surface area contributed by atoms with Crippen LogP contribution in [0.25, 0.3) is 0 Å². The molecule has 3 heterocycles. The Hall–Kier alpha value is -2.19. The molecule has 196 valence electrons. The quantitative estimate of drug-likeness (QED) is 0.349. The summed E-state index contributed by atoms with van der Waals surface area (Å²) < 4.78 is 25.5. The van der Waals surface area contributed by atoms with Crippen LogP contribution < -0.4 is 9.47 Å². The number of fused-ring (bicyclic) bond motifs is 3. The molecule has 2 fully saturated rings. The normalized spacial score (nSPS) is 27.0. The molecule has 37 heavy (non-hydrogen) atoms. The monoisotopic (exact) mass is 588 g/mol. The highest BCUT2D eigenvalue weighted by Gasteiger charge is 2.69. The van der Waals surface area contributed by atoms with E-state index in [0.717, 1.165) is 48.0 Å². The van der Waals surface area contributed by atoms with Crippen LogP contribution in [-0.2, 0) is 11.2 Å². The van der Waals surface area contributed by atoms with Gasteiger partial charge in [0.15, 0.2) is 5.60 Å². The summed E-state index contributed by atoms with van der Waals surface area (Å²) in [5.74, 6) is 0.779. The molecule has 0 spiro atoms. The van der Waals surface area contributed by atoms with E-state index < -0.39 is 17.4 Å². The van der Waals surface area contributed by atoms with Crippen molar-refractivity contribution in [3.05, 3.63) is 87.0 Å². The Bertz CT molecular complexity index is 1230. The first-order chi connectivity index (χ1) is 17.8. The first kappa shape index (κ1) is 26.4. The summed E-state index contributed by atoms with van der Waals surface area (Å²) in [6.45, 7) is 1.86. The molecule has 2 aromatic carbocycles. The van der Waals surface area contributed by atoms with Crippen LogP contribution in [0.3, 0.4) is 0 Å². The number of rotatable bonds is 3. The number of halogens is 3. The molecule has 1 saturated carbocycles. The lowest BCUT2D eigenvalue weighted by Crippen LogP contribution is -2.48. The van der Waals surface area contributed by atoms with Gasteiger partial charge >= 0.3 is 0 Å². The topological polar surface area (TPSA) is 54.8 Å². The number of ether oxygens (including phenoxy) is 2. The second-order valence-electron chi connectivity index (χ2n) is 10.0. The van der Waals surface area contributed by atoms with Gasteiger partial charge < -0.3 is 19.5 Å². The molecule has 6 rings (SSSR count). The fraction of sp³-hybridized carbons (Fsp3) is 0.414. The average Bonchev–Trinajstić information content (AvgIpc) is 3.33. The van der Waals surface area contributed by atoms with E-state index in [1.807, 2.05) is 49.5 Å². The van der Waals surface area contributed by atoms with Crippen LogP contribution in [-0.4, -0.2) is 48.4 Å². The molecule has 0 amide bonds. The van der Waals surface area contributed by atoms with Gasteiger partial charge in [0.05, 0.1) is 12.7 Å². The van der Waals surface area contributed by atoms with Gasteiger partial charge in [0, 0.05) is 29.5 Å². The van der Waals surface area contributed by atoms with E-state index >= 15 is 0 Å². The summed E-state index contributed by atoms with van der Waals surface area (Å²) in [5, 5.41) is 12.5. The maximum Gasteiger partial charge on any atom is 0.224 e. The molecule has 3 aliphatic rings. The molecule has 1 N–H and O–H groups in total. The Kier molecular flexibility index (Phi) is 7.51. The van der Waals surface area contributed by atoms with Crippen LogP contribution in [0, 0.1) is 0 Å². The van der Waals surface area contributed by atoms with Gasteiger partial charge in [-0.2, -0.15) is 0 Å². The van der Waals surface area contributed by atoms with E-state index in [2.05, 4.69) is 37.9 Å². The van der Waals surface area contributed by atoms with Crippen molar-refractivity contribution in [2.45, 2.75) is 49.0 Å². The molecule has 1 aliphatic carbocycles. The Morgan fingerprint density at radius 1 is 1.11 bits per heavy atom. The highest BCUT2D eigenvalue weighted by atomic mass is 79.9. The van der Waals surface area contributed by atoms with E-state index in [0.29, 0.717) is 23.6 Å². The van der Waals surface area contributed by atoms with Crippen LogP contribution in [0.5, 0.6) is 11.6 Å². The molecule has 1 aromatic heterocycles. The number of hydrogen-bond donors (Lipinski definition) is 1. The van der Waals surface area contributed by atoms with Crippen molar-refractivity contribution in [2.75, 3.05) is 27.2 Å². The number of benzene rings is 2. The van der Waals surface area contributed by atoms with Gasteiger partial charge in [0.2, 0.25) is 5.88 Å². The number of aliphatic hydroxyl groups is 1. The Balaban J connectivity index is 0.000000301. The number of piperidine rings is 1. The molecule has 0 radical (unpaired) electrons. The van der Waals surface area contributed by atoms with Gasteiger partial charge in [-0.1, -0.05) is 70.0 Å². The number of aromatic nitrogens is 1. The van der Waals surface area contributed by atoms with Crippen molar-refractivity contribution in [1.82, 2.24) is 9.88 Å². The standard InChI is InChI=1S/C23H19BrClNO3.C6H12FN/c1-28-21-20-18(13-19(25)26-21)29-23(15-7-9-16(24)10-8-15)17(11-12-22(20,23)27)14-5-3-2-4-6-14;1-8-4-2-6(7)3-5-8/h2-10,13,17,27H,11-12H2,1H3;6H,2-5H2,1H3. The maximum absolute atomic E-state index is 12.3. The van der Waals surface area contributed by atoms with E-state index in [1.165, 1.54) is 7.11 Å². The number of nitrogens with zero attached hydrogens (tertiary/aromatic N) is 2. The number of methoxy groups -OCH3 is 1. The van der Waals surface area contributed by atoms with Gasteiger partial charge in [0.25, 0.3) is 0 Å². The highest BCUT2D eigenvalue weighted by molar-refractivity contribution is 9.10. The number of likely N-dealkylation sites (tertiary alicyclic amines) is 1.